The number of carbonyl (C=O) groups is 1. The zero-order chi connectivity index (χ0) is 17.3. The third-order valence-electron chi connectivity index (χ3n) is 3.62. The molecule has 0 saturated heterocycles. The number of hydrogen-bond donors (Lipinski definition) is 2. The second kappa shape index (κ2) is 8.54. The van der Waals surface area contributed by atoms with Gasteiger partial charge in [0.25, 0.3) is 5.91 Å². The van der Waals surface area contributed by atoms with Gasteiger partial charge < -0.3 is 10.6 Å². The van der Waals surface area contributed by atoms with E-state index in [0.29, 0.717) is 24.6 Å². The highest BCUT2D eigenvalue weighted by Gasteiger charge is 2.07. The molecular weight excluding hydrogens is 314 g/mol. The number of pyridine rings is 1. The molecule has 2 heterocycles. The minimum Gasteiger partial charge on any atom is -0.363 e. The second-order valence-corrected chi connectivity index (χ2v) is 5.47. The van der Waals surface area contributed by atoms with Crippen molar-refractivity contribution in [3.8, 4) is 0 Å². The Morgan fingerprint density at radius 3 is 2.48 bits per heavy atom. The van der Waals surface area contributed by atoms with Gasteiger partial charge in [-0.2, -0.15) is 0 Å². The summed E-state index contributed by atoms with van der Waals surface area (Å²) in [5, 5.41) is 14.0. The van der Waals surface area contributed by atoms with Crippen molar-refractivity contribution in [2.45, 2.75) is 13.0 Å². The highest BCUT2D eigenvalue weighted by molar-refractivity contribution is 5.92. The first-order valence-corrected chi connectivity index (χ1v) is 8.11. The monoisotopic (exact) mass is 333 g/mol. The molecule has 25 heavy (non-hydrogen) atoms. The van der Waals surface area contributed by atoms with E-state index in [2.05, 4.69) is 25.8 Å². The standard InChI is InChI=1S/C19H19N5O/c25-19(21-13-11-15-6-2-1-3-7-15)17-9-10-18(24-23-17)22-14-16-8-4-5-12-20-16/h1-10,12H,11,13-14H2,(H,21,25)(H,22,24). The molecule has 3 aromatic rings. The summed E-state index contributed by atoms with van der Waals surface area (Å²) >= 11 is 0. The number of carbonyl (C=O) groups excluding carboxylic acids is 1. The molecule has 0 saturated carbocycles. The quantitative estimate of drug-likeness (QED) is 0.694. The van der Waals surface area contributed by atoms with Crippen molar-refractivity contribution >= 4 is 11.7 Å². The van der Waals surface area contributed by atoms with Crippen molar-refractivity contribution < 1.29 is 4.79 Å². The van der Waals surface area contributed by atoms with Gasteiger partial charge in [-0.25, -0.2) is 0 Å². The highest BCUT2D eigenvalue weighted by Crippen LogP contribution is 2.05. The lowest BCUT2D eigenvalue weighted by Crippen LogP contribution is -2.26. The fraction of sp³-hybridized carbons (Fsp3) is 0.158. The van der Waals surface area contributed by atoms with Gasteiger partial charge in [0.2, 0.25) is 0 Å². The third kappa shape index (κ3) is 5.10. The van der Waals surface area contributed by atoms with Crippen molar-refractivity contribution in [1.82, 2.24) is 20.5 Å². The van der Waals surface area contributed by atoms with E-state index in [9.17, 15) is 4.79 Å². The van der Waals surface area contributed by atoms with Crippen LogP contribution in [0.4, 0.5) is 5.82 Å². The summed E-state index contributed by atoms with van der Waals surface area (Å²) in [7, 11) is 0. The molecule has 0 radical (unpaired) electrons. The second-order valence-electron chi connectivity index (χ2n) is 5.47. The Morgan fingerprint density at radius 2 is 1.76 bits per heavy atom. The maximum absolute atomic E-state index is 12.1. The van der Waals surface area contributed by atoms with Gasteiger partial charge in [-0.3, -0.25) is 9.78 Å². The molecule has 0 aliphatic rings. The Bertz CT molecular complexity index is 791. The van der Waals surface area contributed by atoms with Gasteiger partial charge in [0, 0.05) is 12.7 Å². The summed E-state index contributed by atoms with van der Waals surface area (Å²) in [4.78, 5) is 16.3. The number of rotatable bonds is 7. The Morgan fingerprint density at radius 1 is 0.920 bits per heavy atom. The molecule has 1 aromatic carbocycles. The molecule has 0 aliphatic heterocycles. The predicted octanol–water partition coefficient (Wildman–Crippen LogP) is 2.46. The van der Waals surface area contributed by atoms with Gasteiger partial charge in [0.05, 0.1) is 12.2 Å². The zero-order valence-corrected chi connectivity index (χ0v) is 13.7. The molecular formula is C19H19N5O. The van der Waals surface area contributed by atoms with Gasteiger partial charge in [-0.05, 0) is 36.2 Å². The van der Waals surface area contributed by atoms with Crippen LogP contribution in [0.15, 0.2) is 66.9 Å². The van der Waals surface area contributed by atoms with Gasteiger partial charge in [-0.15, -0.1) is 10.2 Å². The van der Waals surface area contributed by atoms with E-state index in [1.54, 1.807) is 18.3 Å². The summed E-state index contributed by atoms with van der Waals surface area (Å²) in [6.07, 6.45) is 2.52. The molecule has 3 rings (SSSR count). The first-order valence-electron chi connectivity index (χ1n) is 8.11. The van der Waals surface area contributed by atoms with Crippen molar-refractivity contribution in [3.63, 3.8) is 0 Å². The molecule has 0 spiro atoms. The van der Waals surface area contributed by atoms with Crippen LogP contribution in [0.5, 0.6) is 0 Å². The van der Waals surface area contributed by atoms with E-state index in [4.69, 9.17) is 0 Å². The molecule has 0 unspecified atom stereocenters. The molecule has 0 aliphatic carbocycles. The number of nitrogens with zero attached hydrogens (tertiary/aromatic N) is 3. The molecule has 0 fully saturated rings. The van der Waals surface area contributed by atoms with E-state index in [0.717, 1.165) is 12.1 Å². The number of nitrogens with one attached hydrogen (secondary N) is 2. The largest absolute Gasteiger partial charge is 0.363 e. The van der Waals surface area contributed by atoms with Crippen LogP contribution in [-0.2, 0) is 13.0 Å². The molecule has 2 aromatic heterocycles. The number of anilines is 1. The number of aromatic nitrogens is 3. The molecule has 6 nitrogen and oxygen atoms in total. The lowest BCUT2D eigenvalue weighted by Gasteiger charge is -2.06. The van der Waals surface area contributed by atoms with Crippen LogP contribution in [-0.4, -0.2) is 27.6 Å². The molecule has 6 heteroatoms. The van der Waals surface area contributed by atoms with Crippen LogP contribution in [0.1, 0.15) is 21.7 Å². The Balaban J connectivity index is 1.47. The lowest BCUT2D eigenvalue weighted by molar-refractivity contribution is 0.0948. The predicted molar refractivity (Wildman–Crippen MR) is 96.1 cm³/mol. The van der Waals surface area contributed by atoms with E-state index in [1.807, 2.05) is 48.5 Å². The summed E-state index contributed by atoms with van der Waals surface area (Å²) in [6, 6.07) is 19.1. The average Bonchev–Trinajstić information content (AvgIpc) is 2.68. The average molecular weight is 333 g/mol. The maximum Gasteiger partial charge on any atom is 0.271 e. The van der Waals surface area contributed by atoms with Gasteiger partial charge >= 0.3 is 0 Å². The van der Waals surface area contributed by atoms with Crippen LogP contribution >= 0.6 is 0 Å². The fourth-order valence-corrected chi connectivity index (χ4v) is 2.29. The Hall–Kier alpha value is -3.28. The Labute approximate surface area is 146 Å². The zero-order valence-electron chi connectivity index (χ0n) is 13.7. The van der Waals surface area contributed by atoms with Crippen molar-refractivity contribution in [3.05, 3.63) is 83.8 Å². The van der Waals surface area contributed by atoms with Gasteiger partial charge in [0.15, 0.2) is 5.69 Å². The fourth-order valence-electron chi connectivity index (χ4n) is 2.29. The topological polar surface area (TPSA) is 79.8 Å². The van der Waals surface area contributed by atoms with Gasteiger partial charge in [-0.1, -0.05) is 36.4 Å². The lowest BCUT2D eigenvalue weighted by atomic mass is 10.1. The molecule has 1 amide bonds. The Kier molecular flexibility index (Phi) is 5.66. The van der Waals surface area contributed by atoms with Crippen LogP contribution in [0.25, 0.3) is 0 Å². The van der Waals surface area contributed by atoms with Crippen LogP contribution in [0, 0.1) is 0 Å². The molecule has 126 valence electrons. The number of hydrogen-bond acceptors (Lipinski definition) is 5. The van der Waals surface area contributed by atoms with Crippen molar-refractivity contribution in [2.24, 2.45) is 0 Å². The number of amides is 1. The summed E-state index contributed by atoms with van der Waals surface area (Å²) in [5.74, 6) is 0.381. The minimum absolute atomic E-state index is 0.222. The van der Waals surface area contributed by atoms with Crippen molar-refractivity contribution in [1.29, 1.82) is 0 Å². The highest BCUT2D eigenvalue weighted by atomic mass is 16.1. The number of benzene rings is 1. The molecule has 0 atom stereocenters. The summed E-state index contributed by atoms with van der Waals surface area (Å²) in [6.45, 7) is 1.11. The minimum atomic E-state index is -0.222. The van der Waals surface area contributed by atoms with Gasteiger partial charge in [0.1, 0.15) is 5.82 Å². The van der Waals surface area contributed by atoms with Crippen LogP contribution < -0.4 is 10.6 Å². The first kappa shape index (κ1) is 16.6. The van der Waals surface area contributed by atoms with E-state index in [1.165, 1.54) is 5.56 Å². The van der Waals surface area contributed by atoms with E-state index >= 15 is 0 Å². The summed E-state index contributed by atoms with van der Waals surface area (Å²) < 4.78 is 0. The van der Waals surface area contributed by atoms with E-state index in [-0.39, 0.29) is 5.91 Å². The third-order valence-corrected chi connectivity index (χ3v) is 3.62. The normalized spacial score (nSPS) is 10.2. The van der Waals surface area contributed by atoms with Crippen LogP contribution in [0.3, 0.4) is 0 Å². The summed E-state index contributed by atoms with van der Waals surface area (Å²) in [5.41, 5.74) is 2.39. The molecule has 2 N–H and O–H groups in total. The smallest absolute Gasteiger partial charge is 0.271 e. The molecule has 0 bridgehead atoms. The van der Waals surface area contributed by atoms with Crippen LogP contribution in [0.2, 0.25) is 0 Å². The first-order chi connectivity index (χ1) is 12.3. The van der Waals surface area contributed by atoms with E-state index < -0.39 is 0 Å². The SMILES string of the molecule is O=C(NCCc1ccccc1)c1ccc(NCc2ccccn2)nn1. The maximum atomic E-state index is 12.1. The van der Waals surface area contributed by atoms with Crippen molar-refractivity contribution in [2.75, 3.05) is 11.9 Å².